The molecule has 1 aliphatic heterocycles. The molecule has 6 heteroatoms. The van der Waals surface area contributed by atoms with E-state index in [2.05, 4.69) is 63.1 Å². The summed E-state index contributed by atoms with van der Waals surface area (Å²) in [6.45, 7) is 2.86. The fourth-order valence-electron chi connectivity index (χ4n) is 4.06. The van der Waals surface area contributed by atoms with E-state index in [1.807, 2.05) is 56.6 Å². The fourth-order valence-corrected chi connectivity index (χ4v) is 4.06. The average molecular weight is 424 g/mol. The molecule has 5 rings (SSSR count). The summed E-state index contributed by atoms with van der Waals surface area (Å²) in [5.41, 5.74) is 5.19. The lowest BCUT2D eigenvalue weighted by Crippen LogP contribution is -2.21. The molecule has 0 fully saturated rings. The smallest absolute Gasteiger partial charge is 0.140 e. The topological polar surface area (TPSA) is 46.4 Å². The van der Waals surface area contributed by atoms with Gasteiger partial charge in [-0.15, -0.1) is 0 Å². The van der Waals surface area contributed by atoms with Crippen LogP contribution < -0.4 is 9.64 Å². The maximum atomic E-state index is 6.22. The number of nitrogens with zero attached hydrogens (tertiary/aromatic N) is 5. The van der Waals surface area contributed by atoms with Gasteiger partial charge in [0.2, 0.25) is 0 Å². The molecule has 160 valence electrons. The van der Waals surface area contributed by atoms with Crippen LogP contribution in [-0.2, 0) is 7.05 Å². The number of rotatable bonds is 5. The van der Waals surface area contributed by atoms with Crippen molar-refractivity contribution < 1.29 is 4.74 Å². The Balaban J connectivity index is 1.42. The number of pyridine rings is 1. The lowest BCUT2D eigenvalue weighted by atomic mass is 10.2. The van der Waals surface area contributed by atoms with Gasteiger partial charge < -0.3 is 19.1 Å². The first-order chi connectivity index (χ1) is 15.6. The first kappa shape index (κ1) is 19.9. The number of imidazole rings is 1. The number of ether oxygens (including phenoxy) is 1. The van der Waals surface area contributed by atoms with Gasteiger partial charge in [0.1, 0.15) is 17.3 Å². The summed E-state index contributed by atoms with van der Waals surface area (Å²) in [6.07, 6.45) is 7.78. The monoisotopic (exact) mass is 423 g/mol. The molecule has 4 aromatic rings. The zero-order valence-electron chi connectivity index (χ0n) is 18.4. The summed E-state index contributed by atoms with van der Waals surface area (Å²) < 4.78 is 8.33. The lowest BCUT2D eigenvalue weighted by Gasteiger charge is -2.19. The second kappa shape index (κ2) is 8.23. The van der Waals surface area contributed by atoms with Crippen molar-refractivity contribution in [1.29, 1.82) is 0 Å². The third-order valence-electron chi connectivity index (χ3n) is 5.56. The van der Waals surface area contributed by atoms with Crippen LogP contribution in [0.3, 0.4) is 0 Å². The van der Waals surface area contributed by atoms with Gasteiger partial charge in [0.05, 0.1) is 18.1 Å². The van der Waals surface area contributed by atoms with Gasteiger partial charge in [-0.3, -0.25) is 4.98 Å². The Hall–Kier alpha value is -4.06. The Bertz CT molecular complexity index is 1280. The van der Waals surface area contributed by atoms with Crippen molar-refractivity contribution in [3.63, 3.8) is 0 Å². The molecule has 2 aromatic heterocycles. The van der Waals surface area contributed by atoms with Crippen molar-refractivity contribution >= 4 is 5.69 Å². The second-order valence-corrected chi connectivity index (χ2v) is 7.96. The predicted molar refractivity (Wildman–Crippen MR) is 127 cm³/mol. The zero-order valence-corrected chi connectivity index (χ0v) is 18.4. The molecule has 3 heterocycles. The van der Waals surface area contributed by atoms with E-state index in [-0.39, 0.29) is 0 Å². The van der Waals surface area contributed by atoms with Crippen LogP contribution in [0.2, 0.25) is 0 Å². The molecular weight excluding hydrogens is 398 g/mol. The standard InChI is InChI=1S/C26H25N5O/c1-19-25(21-8-6-12-27-17-21)30(3)26(28-19)20-7-4-10-23(15-20)32-24-11-5-9-22(16-24)31-14-13-29(2)18-31/h4-17H,18H2,1-3H3. The molecule has 0 saturated carbocycles. The number of hydrogen-bond acceptors (Lipinski definition) is 5. The maximum absolute atomic E-state index is 6.22. The maximum Gasteiger partial charge on any atom is 0.140 e. The van der Waals surface area contributed by atoms with Gasteiger partial charge in [-0.05, 0) is 43.3 Å². The van der Waals surface area contributed by atoms with Crippen molar-refractivity contribution in [1.82, 2.24) is 19.4 Å². The number of hydrogen-bond donors (Lipinski definition) is 0. The first-order valence-electron chi connectivity index (χ1n) is 10.6. The van der Waals surface area contributed by atoms with Gasteiger partial charge >= 0.3 is 0 Å². The first-order valence-corrected chi connectivity index (χ1v) is 10.6. The van der Waals surface area contributed by atoms with Gasteiger partial charge in [-0.25, -0.2) is 4.98 Å². The molecule has 0 atom stereocenters. The van der Waals surface area contributed by atoms with Crippen LogP contribution in [0.4, 0.5) is 5.69 Å². The molecule has 0 amide bonds. The summed E-state index contributed by atoms with van der Waals surface area (Å²) in [7, 11) is 4.09. The molecule has 0 N–H and O–H groups in total. The summed E-state index contributed by atoms with van der Waals surface area (Å²) in [5, 5.41) is 0. The van der Waals surface area contributed by atoms with E-state index >= 15 is 0 Å². The highest BCUT2D eigenvalue weighted by molar-refractivity contribution is 5.68. The lowest BCUT2D eigenvalue weighted by molar-refractivity contribution is 0.481. The number of aryl methyl sites for hydroxylation is 1. The largest absolute Gasteiger partial charge is 0.457 e. The van der Waals surface area contributed by atoms with Crippen LogP contribution in [0.1, 0.15) is 5.69 Å². The average Bonchev–Trinajstić information content (AvgIpc) is 3.37. The highest BCUT2D eigenvalue weighted by Crippen LogP contribution is 2.32. The summed E-state index contributed by atoms with van der Waals surface area (Å²) >= 11 is 0. The molecule has 0 spiro atoms. The molecule has 0 radical (unpaired) electrons. The van der Waals surface area contributed by atoms with Crippen LogP contribution in [0.15, 0.2) is 85.5 Å². The van der Waals surface area contributed by atoms with Crippen LogP contribution in [0.5, 0.6) is 11.5 Å². The van der Waals surface area contributed by atoms with Crippen LogP contribution in [0, 0.1) is 6.92 Å². The summed E-state index contributed by atoms with van der Waals surface area (Å²) in [6, 6.07) is 20.2. The molecule has 0 unspecified atom stereocenters. The highest BCUT2D eigenvalue weighted by Gasteiger charge is 2.16. The van der Waals surface area contributed by atoms with Gasteiger partial charge in [-0.2, -0.15) is 0 Å². The van der Waals surface area contributed by atoms with E-state index < -0.39 is 0 Å². The number of aromatic nitrogens is 3. The van der Waals surface area contributed by atoms with Gasteiger partial charge in [0.25, 0.3) is 0 Å². The Morgan fingerprint density at radius 2 is 1.66 bits per heavy atom. The van der Waals surface area contributed by atoms with Crippen LogP contribution in [-0.4, -0.2) is 33.2 Å². The normalized spacial score (nSPS) is 13.1. The van der Waals surface area contributed by atoms with E-state index in [0.717, 1.165) is 52.2 Å². The second-order valence-electron chi connectivity index (χ2n) is 7.96. The SMILES string of the molecule is Cc1nc(-c2cccc(Oc3cccc(N4C=CN(C)C4)c3)c2)n(C)c1-c1cccnc1. The molecule has 0 aliphatic carbocycles. The third kappa shape index (κ3) is 3.83. The Morgan fingerprint density at radius 1 is 0.875 bits per heavy atom. The predicted octanol–water partition coefficient (Wildman–Crippen LogP) is 5.43. The van der Waals surface area contributed by atoms with E-state index in [1.165, 1.54) is 0 Å². The van der Waals surface area contributed by atoms with Crippen molar-refractivity contribution in [3.05, 3.63) is 91.2 Å². The number of anilines is 1. The Labute approximate surface area is 188 Å². The van der Waals surface area contributed by atoms with E-state index in [0.29, 0.717) is 0 Å². The van der Waals surface area contributed by atoms with Crippen molar-refractivity contribution in [2.45, 2.75) is 6.92 Å². The van der Waals surface area contributed by atoms with Crippen LogP contribution in [0.25, 0.3) is 22.6 Å². The van der Waals surface area contributed by atoms with E-state index in [1.54, 1.807) is 6.20 Å². The molecular formula is C26H25N5O. The van der Waals surface area contributed by atoms with Gasteiger partial charge in [0.15, 0.2) is 0 Å². The molecule has 1 aliphatic rings. The van der Waals surface area contributed by atoms with Crippen molar-refractivity contribution in [3.8, 4) is 34.1 Å². The fraction of sp³-hybridized carbons (Fsp3) is 0.154. The van der Waals surface area contributed by atoms with Gasteiger partial charge in [-0.1, -0.05) is 18.2 Å². The van der Waals surface area contributed by atoms with Crippen LogP contribution >= 0.6 is 0 Å². The zero-order chi connectivity index (χ0) is 22.1. The molecule has 6 nitrogen and oxygen atoms in total. The third-order valence-corrected chi connectivity index (χ3v) is 5.56. The van der Waals surface area contributed by atoms with Crippen molar-refractivity contribution in [2.24, 2.45) is 7.05 Å². The summed E-state index contributed by atoms with van der Waals surface area (Å²) in [5.74, 6) is 2.47. The quantitative estimate of drug-likeness (QED) is 0.428. The van der Waals surface area contributed by atoms with Crippen molar-refractivity contribution in [2.75, 3.05) is 18.6 Å². The molecule has 0 bridgehead atoms. The Morgan fingerprint density at radius 3 is 2.41 bits per heavy atom. The van der Waals surface area contributed by atoms with E-state index in [4.69, 9.17) is 9.72 Å². The minimum atomic E-state index is 0.775. The Kier molecular flexibility index (Phi) is 5.11. The minimum absolute atomic E-state index is 0.775. The number of benzene rings is 2. The minimum Gasteiger partial charge on any atom is -0.457 e. The van der Waals surface area contributed by atoms with Gasteiger partial charge in [0, 0.05) is 61.8 Å². The molecule has 0 saturated heterocycles. The van der Waals surface area contributed by atoms with E-state index in [9.17, 15) is 0 Å². The highest BCUT2D eigenvalue weighted by atomic mass is 16.5. The summed E-state index contributed by atoms with van der Waals surface area (Å²) in [4.78, 5) is 13.4. The molecule has 32 heavy (non-hydrogen) atoms. The molecule has 2 aromatic carbocycles.